The molecule has 0 aromatic carbocycles. The van der Waals surface area contributed by atoms with Gasteiger partial charge >= 0.3 is 0 Å². The number of nitrogens with one attached hydrogen (secondary N) is 1. The number of hydrogen-bond acceptors (Lipinski definition) is 3. The lowest BCUT2D eigenvalue weighted by Gasteiger charge is -2.23. The molecule has 1 atom stereocenters. The molecule has 0 bridgehead atoms. The van der Waals surface area contributed by atoms with Gasteiger partial charge in [-0.15, -0.1) is 0 Å². The second-order valence-electron chi connectivity index (χ2n) is 5.19. The van der Waals surface area contributed by atoms with E-state index in [1.54, 1.807) is 6.26 Å². The molecule has 1 aliphatic rings. The zero-order valence-corrected chi connectivity index (χ0v) is 11.0. The van der Waals surface area contributed by atoms with Crippen LogP contribution >= 0.6 is 0 Å². The summed E-state index contributed by atoms with van der Waals surface area (Å²) in [5.74, 6) is 1.76. The molecule has 1 N–H and O–H groups in total. The van der Waals surface area contributed by atoms with Gasteiger partial charge in [-0.3, -0.25) is 4.90 Å². The van der Waals surface area contributed by atoms with Crippen LogP contribution in [0.15, 0.2) is 22.8 Å². The summed E-state index contributed by atoms with van der Waals surface area (Å²) >= 11 is 0. The molecule has 2 rings (SSSR count). The summed E-state index contributed by atoms with van der Waals surface area (Å²) in [5.41, 5.74) is 0. The van der Waals surface area contributed by atoms with Crippen LogP contribution in [0.4, 0.5) is 0 Å². The molecule has 0 aliphatic heterocycles. The normalized spacial score (nSPS) is 17.6. The molecule has 17 heavy (non-hydrogen) atoms. The first-order valence-electron chi connectivity index (χ1n) is 6.76. The summed E-state index contributed by atoms with van der Waals surface area (Å²) in [6, 6.07) is 4.83. The van der Waals surface area contributed by atoms with E-state index >= 15 is 0 Å². The number of rotatable bonds is 8. The van der Waals surface area contributed by atoms with E-state index in [0.717, 1.165) is 38.0 Å². The topological polar surface area (TPSA) is 28.4 Å². The molecule has 0 amide bonds. The van der Waals surface area contributed by atoms with Crippen molar-refractivity contribution in [2.45, 2.75) is 39.3 Å². The molecule has 1 aromatic rings. The molecule has 1 fully saturated rings. The average molecular weight is 236 g/mol. The van der Waals surface area contributed by atoms with E-state index in [2.05, 4.69) is 30.1 Å². The van der Waals surface area contributed by atoms with Gasteiger partial charge in [-0.25, -0.2) is 0 Å². The molecule has 1 aliphatic carbocycles. The standard InChI is InChI=1S/C14H24N2O/c1-3-16(11-14-5-4-8-17-14)10-12(2)9-15-13-6-7-13/h4-5,8,12-13,15H,3,6-7,9-11H2,1-2H3. The van der Waals surface area contributed by atoms with Crippen molar-refractivity contribution < 1.29 is 4.42 Å². The van der Waals surface area contributed by atoms with Gasteiger partial charge in [-0.2, -0.15) is 0 Å². The second-order valence-corrected chi connectivity index (χ2v) is 5.19. The minimum atomic E-state index is 0.700. The number of hydrogen-bond donors (Lipinski definition) is 1. The van der Waals surface area contributed by atoms with Gasteiger partial charge in [0.2, 0.25) is 0 Å². The fraction of sp³-hybridized carbons (Fsp3) is 0.714. The van der Waals surface area contributed by atoms with E-state index in [4.69, 9.17) is 4.42 Å². The fourth-order valence-corrected chi connectivity index (χ4v) is 2.09. The minimum Gasteiger partial charge on any atom is -0.468 e. The van der Waals surface area contributed by atoms with Crippen LogP contribution in [0.3, 0.4) is 0 Å². The third-order valence-electron chi connectivity index (χ3n) is 3.31. The smallest absolute Gasteiger partial charge is 0.117 e. The molecule has 0 radical (unpaired) electrons. The highest BCUT2D eigenvalue weighted by Gasteiger charge is 2.21. The molecule has 0 spiro atoms. The maximum Gasteiger partial charge on any atom is 0.117 e. The molecule has 96 valence electrons. The van der Waals surface area contributed by atoms with Crippen molar-refractivity contribution in [3.8, 4) is 0 Å². The molecule has 3 heteroatoms. The summed E-state index contributed by atoms with van der Waals surface area (Å²) in [6.07, 6.45) is 4.49. The molecule has 0 saturated heterocycles. The predicted octanol–water partition coefficient (Wildman–Crippen LogP) is 2.49. The Kier molecular flexibility index (Phi) is 4.63. The van der Waals surface area contributed by atoms with Crippen LogP contribution in [-0.4, -0.2) is 30.6 Å². The molecule has 1 saturated carbocycles. The van der Waals surface area contributed by atoms with Crippen LogP contribution in [0.5, 0.6) is 0 Å². The van der Waals surface area contributed by atoms with Gasteiger partial charge in [-0.05, 0) is 44.0 Å². The first-order chi connectivity index (χ1) is 8.28. The van der Waals surface area contributed by atoms with Crippen molar-refractivity contribution in [2.24, 2.45) is 5.92 Å². The van der Waals surface area contributed by atoms with Crippen molar-refractivity contribution >= 4 is 0 Å². The van der Waals surface area contributed by atoms with Crippen molar-refractivity contribution in [3.05, 3.63) is 24.2 Å². The Hall–Kier alpha value is -0.800. The maximum absolute atomic E-state index is 5.40. The summed E-state index contributed by atoms with van der Waals surface area (Å²) in [7, 11) is 0. The summed E-state index contributed by atoms with van der Waals surface area (Å²) in [6.45, 7) is 8.81. The zero-order valence-electron chi connectivity index (χ0n) is 11.0. The van der Waals surface area contributed by atoms with Crippen molar-refractivity contribution in [1.29, 1.82) is 0 Å². The highest BCUT2D eigenvalue weighted by atomic mass is 16.3. The maximum atomic E-state index is 5.40. The molecule has 1 unspecified atom stereocenters. The Morgan fingerprint density at radius 2 is 2.35 bits per heavy atom. The molecular weight excluding hydrogens is 212 g/mol. The third-order valence-corrected chi connectivity index (χ3v) is 3.31. The van der Waals surface area contributed by atoms with Gasteiger partial charge < -0.3 is 9.73 Å². The predicted molar refractivity (Wildman–Crippen MR) is 69.8 cm³/mol. The van der Waals surface area contributed by atoms with E-state index in [1.807, 2.05) is 6.07 Å². The molecule has 1 heterocycles. The fourth-order valence-electron chi connectivity index (χ4n) is 2.09. The highest BCUT2D eigenvalue weighted by molar-refractivity contribution is 4.97. The van der Waals surface area contributed by atoms with Gasteiger partial charge in [0.1, 0.15) is 5.76 Å². The Bertz CT molecular complexity index is 306. The van der Waals surface area contributed by atoms with E-state index in [1.165, 1.54) is 12.8 Å². The van der Waals surface area contributed by atoms with Crippen LogP contribution < -0.4 is 5.32 Å². The van der Waals surface area contributed by atoms with Crippen LogP contribution in [0.2, 0.25) is 0 Å². The number of furan rings is 1. The largest absolute Gasteiger partial charge is 0.468 e. The second kappa shape index (κ2) is 6.22. The van der Waals surface area contributed by atoms with Gasteiger partial charge in [0, 0.05) is 12.6 Å². The van der Waals surface area contributed by atoms with Gasteiger partial charge in [0.05, 0.1) is 12.8 Å². The first kappa shape index (κ1) is 12.7. The lowest BCUT2D eigenvalue weighted by molar-refractivity contribution is 0.220. The Morgan fingerprint density at radius 3 is 2.94 bits per heavy atom. The van der Waals surface area contributed by atoms with Gasteiger partial charge in [0.15, 0.2) is 0 Å². The van der Waals surface area contributed by atoms with Crippen molar-refractivity contribution in [1.82, 2.24) is 10.2 Å². The molecule has 3 nitrogen and oxygen atoms in total. The SMILES string of the molecule is CCN(Cc1ccco1)CC(C)CNC1CC1. The van der Waals surface area contributed by atoms with E-state index in [-0.39, 0.29) is 0 Å². The van der Waals surface area contributed by atoms with E-state index < -0.39 is 0 Å². The lowest BCUT2D eigenvalue weighted by atomic mass is 10.1. The van der Waals surface area contributed by atoms with Gasteiger partial charge in [0.25, 0.3) is 0 Å². The molecule has 1 aromatic heterocycles. The van der Waals surface area contributed by atoms with Crippen molar-refractivity contribution in [3.63, 3.8) is 0 Å². The zero-order chi connectivity index (χ0) is 12.1. The molecular formula is C14H24N2O. The average Bonchev–Trinajstić information content (AvgIpc) is 3.02. The quantitative estimate of drug-likeness (QED) is 0.751. The van der Waals surface area contributed by atoms with E-state index in [0.29, 0.717) is 5.92 Å². The third kappa shape index (κ3) is 4.52. The van der Waals surface area contributed by atoms with Crippen molar-refractivity contribution in [2.75, 3.05) is 19.6 Å². The van der Waals surface area contributed by atoms with Crippen LogP contribution in [0, 0.1) is 5.92 Å². The summed E-state index contributed by atoms with van der Waals surface area (Å²) in [5, 5.41) is 3.59. The Balaban J connectivity index is 1.69. The summed E-state index contributed by atoms with van der Waals surface area (Å²) < 4.78 is 5.40. The summed E-state index contributed by atoms with van der Waals surface area (Å²) in [4.78, 5) is 2.44. The van der Waals surface area contributed by atoms with Crippen LogP contribution in [0.25, 0.3) is 0 Å². The Labute approximate surface area is 104 Å². The van der Waals surface area contributed by atoms with Crippen LogP contribution in [0.1, 0.15) is 32.4 Å². The Morgan fingerprint density at radius 1 is 1.53 bits per heavy atom. The van der Waals surface area contributed by atoms with Gasteiger partial charge in [-0.1, -0.05) is 13.8 Å². The highest BCUT2D eigenvalue weighted by Crippen LogP contribution is 2.19. The van der Waals surface area contributed by atoms with E-state index in [9.17, 15) is 0 Å². The van der Waals surface area contributed by atoms with Crippen LogP contribution in [-0.2, 0) is 6.54 Å². The first-order valence-corrected chi connectivity index (χ1v) is 6.76. The monoisotopic (exact) mass is 236 g/mol. The lowest BCUT2D eigenvalue weighted by Crippen LogP contribution is -2.33. The minimum absolute atomic E-state index is 0.700. The number of nitrogens with zero attached hydrogens (tertiary/aromatic N) is 1.